The molecule has 3 heterocycles. The fraction of sp³-hybridized carbons (Fsp3) is 0.350. The van der Waals surface area contributed by atoms with Gasteiger partial charge in [0.2, 0.25) is 0 Å². The molecular formula is C20H21F2N5O. The Labute approximate surface area is 161 Å². The maximum Gasteiger partial charge on any atom is 0.257 e. The van der Waals surface area contributed by atoms with Gasteiger partial charge in [-0.15, -0.1) is 0 Å². The standard InChI is InChI=1S/C20H21F2N5O/c1-12(2)27-19-13(11-24-27)7-14(10-23-19)20(28)25-15-8-16(21)18(17(22)9-15)26-5-3-4-6-26/h7-12H,3-6H2,1-2H3,(H,25,28). The highest BCUT2D eigenvalue weighted by Crippen LogP contribution is 2.30. The second-order valence-electron chi connectivity index (χ2n) is 7.26. The third-order valence-corrected chi connectivity index (χ3v) is 4.88. The highest BCUT2D eigenvalue weighted by molar-refractivity contribution is 6.05. The predicted octanol–water partition coefficient (Wildman–Crippen LogP) is 4.14. The molecule has 6 nitrogen and oxygen atoms in total. The Morgan fingerprint density at radius 1 is 1.11 bits per heavy atom. The van der Waals surface area contributed by atoms with Crippen LogP contribution in [0.3, 0.4) is 0 Å². The molecule has 3 aromatic rings. The van der Waals surface area contributed by atoms with Crippen LogP contribution in [0.2, 0.25) is 0 Å². The van der Waals surface area contributed by atoms with E-state index in [1.165, 1.54) is 6.20 Å². The summed E-state index contributed by atoms with van der Waals surface area (Å²) in [6.45, 7) is 5.25. The molecule has 0 atom stereocenters. The van der Waals surface area contributed by atoms with E-state index >= 15 is 0 Å². The van der Waals surface area contributed by atoms with Gasteiger partial charge < -0.3 is 10.2 Å². The highest BCUT2D eigenvalue weighted by Gasteiger charge is 2.21. The minimum atomic E-state index is -0.677. The number of aromatic nitrogens is 3. The lowest BCUT2D eigenvalue weighted by Crippen LogP contribution is -2.21. The van der Waals surface area contributed by atoms with Gasteiger partial charge in [-0.1, -0.05) is 0 Å². The maximum absolute atomic E-state index is 14.4. The van der Waals surface area contributed by atoms with Gasteiger partial charge in [-0.3, -0.25) is 4.79 Å². The molecule has 0 unspecified atom stereocenters. The molecule has 0 radical (unpaired) electrons. The summed E-state index contributed by atoms with van der Waals surface area (Å²) >= 11 is 0. The zero-order valence-corrected chi connectivity index (χ0v) is 15.7. The van der Waals surface area contributed by atoms with Gasteiger partial charge in [0, 0.05) is 36.4 Å². The Hall–Kier alpha value is -3.03. The van der Waals surface area contributed by atoms with Gasteiger partial charge in [0.05, 0.1) is 11.8 Å². The van der Waals surface area contributed by atoms with Crippen LogP contribution in [0.1, 0.15) is 43.1 Å². The van der Waals surface area contributed by atoms with Crippen molar-refractivity contribution in [2.45, 2.75) is 32.7 Å². The molecule has 1 aliphatic heterocycles. The molecule has 8 heteroatoms. The number of amides is 1. The zero-order chi connectivity index (χ0) is 19.8. The topological polar surface area (TPSA) is 63.1 Å². The van der Waals surface area contributed by atoms with Crippen LogP contribution in [0.15, 0.2) is 30.6 Å². The molecule has 1 N–H and O–H groups in total. The average Bonchev–Trinajstić information content (AvgIpc) is 3.30. The summed E-state index contributed by atoms with van der Waals surface area (Å²) in [6, 6.07) is 4.11. The van der Waals surface area contributed by atoms with Crippen molar-refractivity contribution >= 4 is 28.3 Å². The summed E-state index contributed by atoms with van der Waals surface area (Å²) in [5.74, 6) is -1.84. The Bertz CT molecular complexity index is 1020. The quantitative estimate of drug-likeness (QED) is 0.733. The minimum absolute atomic E-state index is 0.0281. The van der Waals surface area contributed by atoms with Crippen molar-refractivity contribution in [3.05, 3.63) is 47.8 Å². The van der Waals surface area contributed by atoms with Gasteiger partial charge in [0.25, 0.3) is 5.91 Å². The van der Waals surface area contributed by atoms with Crippen molar-refractivity contribution in [1.82, 2.24) is 14.8 Å². The second kappa shape index (κ2) is 7.18. The van der Waals surface area contributed by atoms with Crippen molar-refractivity contribution < 1.29 is 13.6 Å². The third kappa shape index (κ3) is 3.30. The Morgan fingerprint density at radius 3 is 2.43 bits per heavy atom. The zero-order valence-electron chi connectivity index (χ0n) is 15.7. The van der Waals surface area contributed by atoms with Gasteiger partial charge in [-0.05, 0) is 44.9 Å². The van der Waals surface area contributed by atoms with E-state index in [9.17, 15) is 13.6 Å². The number of halogens is 2. The first-order valence-electron chi connectivity index (χ1n) is 9.32. The molecule has 28 heavy (non-hydrogen) atoms. The molecule has 0 bridgehead atoms. The lowest BCUT2D eigenvalue weighted by molar-refractivity contribution is 0.102. The summed E-state index contributed by atoms with van der Waals surface area (Å²) < 4.78 is 30.7. The number of hydrogen-bond acceptors (Lipinski definition) is 4. The number of carbonyl (C=O) groups is 1. The van der Waals surface area contributed by atoms with Gasteiger partial charge >= 0.3 is 0 Å². The lowest BCUT2D eigenvalue weighted by Gasteiger charge is -2.19. The molecule has 2 aromatic heterocycles. The van der Waals surface area contributed by atoms with Crippen LogP contribution in [-0.2, 0) is 0 Å². The van der Waals surface area contributed by atoms with E-state index in [1.807, 2.05) is 13.8 Å². The smallest absolute Gasteiger partial charge is 0.257 e. The lowest BCUT2D eigenvalue weighted by atomic mass is 10.2. The number of pyridine rings is 1. The first-order valence-corrected chi connectivity index (χ1v) is 9.32. The molecule has 1 aliphatic rings. The summed E-state index contributed by atoms with van der Waals surface area (Å²) in [5.41, 5.74) is 1.01. The minimum Gasteiger partial charge on any atom is -0.367 e. The van der Waals surface area contributed by atoms with Crippen molar-refractivity contribution in [2.75, 3.05) is 23.3 Å². The van der Waals surface area contributed by atoms with E-state index in [4.69, 9.17) is 0 Å². The monoisotopic (exact) mass is 385 g/mol. The molecule has 4 rings (SSSR count). The number of benzene rings is 1. The van der Waals surface area contributed by atoms with E-state index in [1.54, 1.807) is 21.8 Å². The van der Waals surface area contributed by atoms with Crippen LogP contribution in [0.5, 0.6) is 0 Å². The van der Waals surface area contributed by atoms with Crippen molar-refractivity contribution in [1.29, 1.82) is 0 Å². The third-order valence-electron chi connectivity index (χ3n) is 4.88. The summed E-state index contributed by atoms with van der Waals surface area (Å²) in [6.07, 6.45) is 4.91. The first kappa shape index (κ1) is 18.3. The molecule has 1 fully saturated rings. The first-order chi connectivity index (χ1) is 13.4. The van der Waals surface area contributed by atoms with Gasteiger partial charge in [-0.25, -0.2) is 18.4 Å². The van der Waals surface area contributed by atoms with Crippen LogP contribution in [0, 0.1) is 11.6 Å². The Morgan fingerprint density at radius 2 is 1.79 bits per heavy atom. The number of hydrogen-bond donors (Lipinski definition) is 1. The van der Waals surface area contributed by atoms with E-state index < -0.39 is 17.5 Å². The Kier molecular flexibility index (Phi) is 4.70. The SMILES string of the molecule is CC(C)n1ncc2cc(C(=O)Nc3cc(F)c(N4CCCC4)c(F)c3)cnc21. The molecule has 0 aliphatic carbocycles. The molecule has 1 amide bonds. The van der Waals surface area contributed by atoms with Crippen LogP contribution in [0.4, 0.5) is 20.2 Å². The Balaban J connectivity index is 1.57. The maximum atomic E-state index is 14.4. The van der Waals surface area contributed by atoms with Gasteiger partial charge in [-0.2, -0.15) is 5.10 Å². The molecule has 1 aromatic carbocycles. The number of rotatable bonds is 4. The van der Waals surface area contributed by atoms with Crippen LogP contribution >= 0.6 is 0 Å². The van der Waals surface area contributed by atoms with Gasteiger partial charge in [0.15, 0.2) is 17.3 Å². The molecule has 0 spiro atoms. The van der Waals surface area contributed by atoms with Crippen LogP contribution in [0.25, 0.3) is 11.0 Å². The van der Waals surface area contributed by atoms with Crippen molar-refractivity contribution in [2.24, 2.45) is 0 Å². The number of anilines is 2. The number of carbonyl (C=O) groups excluding carboxylic acids is 1. The van der Waals surface area contributed by atoms with E-state index in [-0.39, 0.29) is 17.4 Å². The second-order valence-corrected chi connectivity index (χ2v) is 7.26. The largest absolute Gasteiger partial charge is 0.367 e. The van der Waals surface area contributed by atoms with E-state index in [0.717, 1.165) is 30.4 Å². The fourth-order valence-electron chi connectivity index (χ4n) is 3.53. The van der Waals surface area contributed by atoms with E-state index in [2.05, 4.69) is 15.4 Å². The molecule has 146 valence electrons. The van der Waals surface area contributed by atoms with Crippen LogP contribution < -0.4 is 10.2 Å². The molecule has 0 saturated carbocycles. The predicted molar refractivity (Wildman–Crippen MR) is 104 cm³/mol. The van der Waals surface area contributed by atoms with Crippen LogP contribution in [-0.4, -0.2) is 33.8 Å². The highest BCUT2D eigenvalue weighted by atomic mass is 19.1. The fourth-order valence-corrected chi connectivity index (χ4v) is 3.53. The van der Waals surface area contributed by atoms with Crippen molar-refractivity contribution in [3.8, 4) is 0 Å². The summed E-state index contributed by atoms with van der Waals surface area (Å²) in [7, 11) is 0. The number of nitrogens with one attached hydrogen (secondary N) is 1. The molecule has 1 saturated heterocycles. The van der Waals surface area contributed by atoms with Crippen molar-refractivity contribution in [3.63, 3.8) is 0 Å². The normalized spacial score (nSPS) is 14.2. The number of nitrogens with zero attached hydrogens (tertiary/aromatic N) is 4. The summed E-state index contributed by atoms with van der Waals surface area (Å²) in [4.78, 5) is 18.5. The number of fused-ring (bicyclic) bond motifs is 1. The average molecular weight is 385 g/mol. The molecular weight excluding hydrogens is 364 g/mol. The summed E-state index contributed by atoms with van der Waals surface area (Å²) in [5, 5.41) is 7.54. The van der Waals surface area contributed by atoms with Gasteiger partial charge in [0.1, 0.15) is 5.69 Å². The van der Waals surface area contributed by atoms with E-state index in [0.29, 0.717) is 24.3 Å².